The Kier molecular flexibility index (Phi) is 6.77. The number of rotatable bonds is 5. The average molecular weight is 416 g/mol. The Hall–Kier alpha value is -3.00. The van der Waals surface area contributed by atoms with Crippen LogP contribution in [-0.2, 0) is 0 Å². The zero-order valence-electron chi connectivity index (χ0n) is 16.8. The number of ether oxygens (including phenoxy) is 3. The average Bonchev–Trinajstić information content (AvgIpc) is 2.78. The summed E-state index contributed by atoms with van der Waals surface area (Å²) in [4.78, 5) is 16.8. The molecule has 8 heteroatoms. The quantitative estimate of drug-likeness (QED) is 0.753. The molecule has 0 atom stereocenters. The minimum absolute atomic E-state index is 0.275. The minimum atomic E-state index is -0.275. The zero-order valence-corrected chi connectivity index (χ0v) is 17.6. The molecule has 7 nitrogen and oxygen atoms in total. The summed E-state index contributed by atoms with van der Waals surface area (Å²) in [6.07, 6.45) is 0. The summed E-state index contributed by atoms with van der Waals surface area (Å²) in [6, 6.07) is 13.0. The molecule has 1 fully saturated rings. The van der Waals surface area contributed by atoms with E-state index in [2.05, 4.69) is 10.2 Å². The van der Waals surface area contributed by atoms with Gasteiger partial charge >= 0.3 is 0 Å². The van der Waals surface area contributed by atoms with Crippen LogP contribution in [-0.4, -0.2) is 63.4 Å². The highest BCUT2D eigenvalue weighted by atomic mass is 32.1. The Labute approximate surface area is 176 Å². The third kappa shape index (κ3) is 4.71. The number of amides is 1. The van der Waals surface area contributed by atoms with Gasteiger partial charge in [0.2, 0.25) is 0 Å². The van der Waals surface area contributed by atoms with Crippen molar-refractivity contribution in [2.75, 3.05) is 52.4 Å². The summed E-state index contributed by atoms with van der Waals surface area (Å²) < 4.78 is 15.9. The number of carbonyl (C=O) groups is 1. The zero-order chi connectivity index (χ0) is 20.8. The van der Waals surface area contributed by atoms with Gasteiger partial charge in [0.1, 0.15) is 5.75 Å². The van der Waals surface area contributed by atoms with E-state index in [1.165, 1.54) is 7.11 Å². The molecule has 0 bridgehead atoms. The summed E-state index contributed by atoms with van der Waals surface area (Å²) in [6.45, 7) is 2.99. The number of carbonyl (C=O) groups excluding carboxylic acids is 1. The number of hydrogen-bond acceptors (Lipinski definition) is 6. The summed E-state index contributed by atoms with van der Waals surface area (Å²) in [5.41, 5.74) is 1.52. The Morgan fingerprint density at radius 3 is 2.21 bits per heavy atom. The summed E-state index contributed by atoms with van der Waals surface area (Å²) >= 11 is 5.46. The lowest BCUT2D eigenvalue weighted by molar-refractivity contribution is 0.0972. The topological polar surface area (TPSA) is 63.3 Å². The molecule has 0 unspecified atom stereocenters. The van der Waals surface area contributed by atoms with Crippen LogP contribution in [0.2, 0.25) is 0 Å². The van der Waals surface area contributed by atoms with Crippen LogP contribution in [0.15, 0.2) is 42.5 Å². The van der Waals surface area contributed by atoms with Gasteiger partial charge in [-0.05, 0) is 42.5 Å². The maximum absolute atomic E-state index is 12.6. The molecule has 29 heavy (non-hydrogen) atoms. The van der Waals surface area contributed by atoms with Crippen LogP contribution in [0.3, 0.4) is 0 Å². The van der Waals surface area contributed by atoms with Crippen molar-refractivity contribution in [1.29, 1.82) is 0 Å². The van der Waals surface area contributed by atoms with Crippen LogP contribution < -0.4 is 24.4 Å². The molecule has 1 aliphatic rings. The SMILES string of the molecule is COc1ccc(C(=O)NC(=S)N2CCN(c3ccccc3OC)CC2)cc1OC. The van der Waals surface area contributed by atoms with E-state index >= 15 is 0 Å². The second-order valence-electron chi connectivity index (χ2n) is 6.47. The van der Waals surface area contributed by atoms with Crippen LogP contribution in [0.1, 0.15) is 10.4 Å². The monoisotopic (exact) mass is 415 g/mol. The van der Waals surface area contributed by atoms with Gasteiger partial charge in [-0.3, -0.25) is 10.1 Å². The van der Waals surface area contributed by atoms with Gasteiger partial charge in [-0.25, -0.2) is 0 Å². The summed E-state index contributed by atoms with van der Waals surface area (Å²) in [7, 11) is 4.76. The van der Waals surface area contributed by atoms with Crippen molar-refractivity contribution in [3.05, 3.63) is 48.0 Å². The molecule has 2 aromatic rings. The smallest absolute Gasteiger partial charge is 0.257 e. The first-order chi connectivity index (χ1) is 14.1. The summed E-state index contributed by atoms with van der Waals surface area (Å²) in [5.74, 6) is 1.64. The molecule has 1 saturated heterocycles. The largest absolute Gasteiger partial charge is 0.495 e. The highest BCUT2D eigenvalue weighted by Crippen LogP contribution is 2.29. The van der Waals surface area contributed by atoms with E-state index in [9.17, 15) is 4.79 Å². The van der Waals surface area contributed by atoms with Crippen molar-refractivity contribution in [1.82, 2.24) is 10.2 Å². The lowest BCUT2D eigenvalue weighted by atomic mass is 10.2. The predicted octanol–water partition coefficient (Wildman–Crippen LogP) is 2.55. The van der Waals surface area contributed by atoms with E-state index in [1.807, 2.05) is 29.2 Å². The fourth-order valence-corrected chi connectivity index (χ4v) is 3.54. The van der Waals surface area contributed by atoms with Gasteiger partial charge in [0.15, 0.2) is 16.6 Å². The van der Waals surface area contributed by atoms with Gasteiger partial charge in [0.05, 0.1) is 27.0 Å². The molecule has 3 rings (SSSR count). The van der Waals surface area contributed by atoms with Crippen molar-refractivity contribution >= 4 is 28.9 Å². The molecule has 0 radical (unpaired) electrons. The molecule has 154 valence electrons. The highest BCUT2D eigenvalue weighted by molar-refractivity contribution is 7.80. The molecular formula is C21H25N3O4S. The van der Waals surface area contributed by atoms with E-state index in [1.54, 1.807) is 32.4 Å². The van der Waals surface area contributed by atoms with E-state index < -0.39 is 0 Å². The van der Waals surface area contributed by atoms with Gasteiger partial charge in [-0.15, -0.1) is 0 Å². The number of hydrogen-bond donors (Lipinski definition) is 1. The van der Waals surface area contributed by atoms with Crippen molar-refractivity contribution < 1.29 is 19.0 Å². The normalized spacial score (nSPS) is 13.6. The third-order valence-electron chi connectivity index (χ3n) is 4.86. The van der Waals surface area contributed by atoms with E-state index in [4.69, 9.17) is 26.4 Å². The fourth-order valence-electron chi connectivity index (χ4n) is 3.27. The number of piperazine rings is 1. The fraction of sp³-hybridized carbons (Fsp3) is 0.333. The van der Waals surface area contributed by atoms with Crippen LogP contribution in [0, 0.1) is 0 Å². The Morgan fingerprint density at radius 1 is 0.897 bits per heavy atom. The molecular weight excluding hydrogens is 390 g/mol. The van der Waals surface area contributed by atoms with Crippen LogP contribution in [0.4, 0.5) is 5.69 Å². The predicted molar refractivity (Wildman–Crippen MR) is 116 cm³/mol. The van der Waals surface area contributed by atoms with Crippen molar-refractivity contribution in [3.8, 4) is 17.2 Å². The highest BCUT2D eigenvalue weighted by Gasteiger charge is 2.22. The van der Waals surface area contributed by atoms with Gasteiger partial charge in [-0.2, -0.15) is 0 Å². The first-order valence-electron chi connectivity index (χ1n) is 9.27. The number of para-hydroxylation sites is 2. The number of thiocarbonyl (C=S) groups is 1. The third-order valence-corrected chi connectivity index (χ3v) is 5.22. The number of methoxy groups -OCH3 is 3. The molecule has 1 aliphatic heterocycles. The minimum Gasteiger partial charge on any atom is -0.495 e. The van der Waals surface area contributed by atoms with Gasteiger partial charge in [0, 0.05) is 31.7 Å². The first-order valence-corrected chi connectivity index (χ1v) is 9.68. The van der Waals surface area contributed by atoms with E-state index in [-0.39, 0.29) is 5.91 Å². The maximum atomic E-state index is 12.6. The molecule has 2 aromatic carbocycles. The lowest BCUT2D eigenvalue weighted by Crippen LogP contribution is -2.52. The molecule has 1 amide bonds. The first kappa shape index (κ1) is 20.7. The molecule has 1 N–H and O–H groups in total. The molecule has 0 aliphatic carbocycles. The van der Waals surface area contributed by atoms with Crippen LogP contribution >= 0.6 is 12.2 Å². The van der Waals surface area contributed by atoms with Crippen molar-refractivity contribution in [2.45, 2.75) is 0 Å². The molecule has 0 aromatic heterocycles. The van der Waals surface area contributed by atoms with E-state index in [0.717, 1.165) is 24.5 Å². The van der Waals surface area contributed by atoms with Gasteiger partial charge < -0.3 is 24.0 Å². The second-order valence-corrected chi connectivity index (χ2v) is 6.86. The Balaban J connectivity index is 1.59. The number of anilines is 1. The number of benzene rings is 2. The van der Waals surface area contributed by atoms with E-state index in [0.29, 0.717) is 35.3 Å². The van der Waals surface area contributed by atoms with Crippen molar-refractivity contribution in [2.24, 2.45) is 0 Å². The number of nitrogens with one attached hydrogen (secondary N) is 1. The summed E-state index contributed by atoms with van der Waals surface area (Å²) in [5, 5.41) is 3.23. The Bertz CT molecular complexity index is 882. The molecule has 0 saturated carbocycles. The van der Waals surface area contributed by atoms with Crippen molar-refractivity contribution in [3.63, 3.8) is 0 Å². The van der Waals surface area contributed by atoms with Gasteiger partial charge in [-0.1, -0.05) is 12.1 Å². The van der Waals surface area contributed by atoms with Crippen LogP contribution in [0.25, 0.3) is 0 Å². The van der Waals surface area contributed by atoms with Crippen LogP contribution in [0.5, 0.6) is 17.2 Å². The van der Waals surface area contributed by atoms with Gasteiger partial charge in [0.25, 0.3) is 5.91 Å². The standard InChI is InChI=1S/C21H25N3O4S/c1-26-17-7-5-4-6-16(17)23-10-12-24(13-11-23)21(29)22-20(25)15-8-9-18(27-2)19(14-15)28-3/h4-9,14H,10-13H2,1-3H3,(H,22,25,29). The molecule has 0 spiro atoms. The molecule has 1 heterocycles. The second kappa shape index (κ2) is 9.47. The maximum Gasteiger partial charge on any atom is 0.257 e. The lowest BCUT2D eigenvalue weighted by Gasteiger charge is -2.37. The number of nitrogens with zero attached hydrogens (tertiary/aromatic N) is 2. The Morgan fingerprint density at radius 2 is 1.55 bits per heavy atom.